The zero-order valence-electron chi connectivity index (χ0n) is 16.8. The Balaban J connectivity index is 1.39. The Morgan fingerprint density at radius 2 is 1.97 bits per heavy atom. The minimum absolute atomic E-state index is 0.257. The molecule has 0 unspecified atom stereocenters. The van der Waals surface area contributed by atoms with E-state index in [0.717, 1.165) is 21.3 Å². The lowest BCUT2D eigenvalue weighted by atomic mass is 10.1. The van der Waals surface area contributed by atoms with Crippen molar-refractivity contribution in [2.45, 2.75) is 13.2 Å². The Kier molecular flexibility index (Phi) is 6.87. The smallest absolute Gasteiger partial charge is 0.255 e. The molecule has 0 spiro atoms. The number of benzene rings is 3. The highest BCUT2D eigenvalue weighted by Gasteiger charge is 2.10. The molecular formula is C24H18BrClFN3O2. The first-order chi connectivity index (χ1) is 15.5. The van der Waals surface area contributed by atoms with Gasteiger partial charge in [-0.05, 0) is 63.5 Å². The fraction of sp³-hybridized carbons (Fsp3) is 0.0833. The molecule has 0 atom stereocenters. The van der Waals surface area contributed by atoms with Gasteiger partial charge in [0.15, 0.2) is 0 Å². The number of nitrogens with one attached hydrogen (secondary N) is 1. The third kappa shape index (κ3) is 5.55. The molecule has 0 bridgehead atoms. The molecule has 0 aliphatic heterocycles. The van der Waals surface area contributed by atoms with E-state index in [0.29, 0.717) is 29.4 Å². The van der Waals surface area contributed by atoms with Gasteiger partial charge < -0.3 is 10.1 Å². The average Bonchev–Trinajstić information content (AvgIpc) is 3.22. The summed E-state index contributed by atoms with van der Waals surface area (Å²) in [4.78, 5) is 12.7. The first-order valence-corrected chi connectivity index (χ1v) is 10.9. The zero-order chi connectivity index (χ0) is 22.5. The molecule has 0 aliphatic carbocycles. The lowest BCUT2D eigenvalue weighted by Crippen LogP contribution is -2.12. The van der Waals surface area contributed by atoms with Gasteiger partial charge in [-0.2, -0.15) is 5.10 Å². The van der Waals surface area contributed by atoms with E-state index >= 15 is 0 Å². The van der Waals surface area contributed by atoms with Gasteiger partial charge in [0.2, 0.25) is 0 Å². The number of hydrogen-bond acceptors (Lipinski definition) is 3. The molecule has 3 aromatic carbocycles. The summed E-state index contributed by atoms with van der Waals surface area (Å²) in [5.74, 6) is 0.0827. The maximum Gasteiger partial charge on any atom is 0.255 e. The predicted molar refractivity (Wildman–Crippen MR) is 126 cm³/mol. The second-order valence-electron chi connectivity index (χ2n) is 7.04. The molecule has 0 aliphatic rings. The molecule has 1 N–H and O–H groups in total. The van der Waals surface area contributed by atoms with Crippen LogP contribution in [0.25, 0.3) is 0 Å². The van der Waals surface area contributed by atoms with Crippen LogP contribution in [0.1, 0.15) is 21.5 Å². The highest BCUT2D eigenvalue weighted by molar-refractivity contribution is 9.10. The van der Waals surface area contributed by atoms with Gasteiger partial charge in [-0.3, -0.25) is 9.48 Å². The average molecular weight is 515 g/mol. The number of nitrogens with zero attached hydrogens (tertiary/aromatic N) is 2. The van der Waals surface area contributed by atoms with Crippen molar-refractivity contribution in [3.63, 3.8) is 0 Å². The number of anilines is 1. The maximum absolute atomic E-state index is 13.2. The van der Waals surface area contributed by atoms with Crippen LogP contribution in [0.4, 0.5) is 10.1 Å². The van der Waals surface area contributed by atoms with Crippen LogP contribution in [-0.4, -0.2) is 15.7 Å². The highest BCUT2D eigenvalue weighted by Crippen LogP contribution is 2.25. The molecule has 1 aromatic heterocycles. The third-order valence-electron chi connectivity index (χ3n) is 4.66. The van der Waals surface area contributed by atoms with Crippen LogP contribution in [0.15, 0.2) is 83.6 Å². The summed E-state index contributed by atoms with van der Waals surface area (Å²) >= 11 is 9.53. The number of para-hydroxylation sites is 1. The fourth-order valence-electron chi connectivity index (χ4n) is 3.07. The van der Waals surface area contributed by atoms with E-state index in [1.807, 2.05) is 36.4 Å². The minimum Gasteiger partial charge on any atom is -0.488 e. The molecule has 0 radical (unpaired) electrons. The molecule has 0 saturated heterocycles. The molecule has 4 aromatic rings. The number of hydrogen-bond donors (Lipinski definition) is 1. The summed E-state index contributed by atoms with van der Waals surface area (Å²) in [5.41, 5.74) is 2.65. The number of carbonyl (C=O) groups excluding carboxylic acids is 1. The van der Waals surface area contributed by atoms with Crippen LogP contribution in [0.3, 0.4) is 0 Å². The summed E-state index contributed by atoms with van der Waals surface area (Å²) in [6.45, 7) is 0.691. The molecule has 162 valence electrons. The summed E-state index contributed by atoms with van der Waals surface area (Å²) in [6.07, 6.45) is 3.24. The van der Waals surface area contributed by atoms with Crippen molar-refractivity contribution in [3.8, 4) is 5.75 Å². The number of aromatic nitrogens is 2. The Labute approximate surface area is 197 Å². The van der Waals surface area contributed by atoms with Crippen molar-refractivity contribution >= 4 is 39.1 Å². The van der Waals surface area contributed by atoms with Crippen LogP contribution < -0.4 is 10.1 Å². The van der Waals surface area contributed by atoms with Crippen LogP contribution in [0.2, 0.25) is 5.02 Å². The largest absolute Gasteiger partial charge is 0.488 e. The van der Waals surface area contributed by atoms with Gasteiger partial charge >= 0.3 is 0 Å². The van der Waals surface area contributed by atoms with Crippen LogP contribution in [0.5, 0.6) is 5.75 Å². The molecule has 4 rings (SSSR count). The number of rotatable bonds is 7. The number of carbonyl (C=O) groups is 1. The lowest BCUT2D eigenvalue weighted by Gasteiger charge is -2.09. The Morgan fingerprint density at radius 3 is 2.78 bits per heavy atom. The minimum atomic E-state index is -0.392. The maximum atomic E-state index is 13.2. The summed E-state index contributed by atoms with van der Waals surface area (Å²) in [6, 6.07) is 19.0. The van der Waals surface area contributed by atoms with Gasteiger partial charge in [0.1, 0.15) is 18.2 Å². The van der Waals surface area contributed by atoms with Crippen molar-refractivity contribution in [1.29, 1.82) is 0 Å². The first kappa shape index (κ1) is 22.0. The highest BCUT2D eigenvalue weighted by atomic mass is 79.9. The van der Waals surface area contributed by atoms with Crippen molar-refractivity contribution in [2.75, 3.05) is 5.32 Å². The van der Waals surface area contributed by atoms with E-state index in [2.05, 4.69) is 26.3 Å². The molecule has 1 heterocycles. The van der Waals surface area contributed by atoms with Crippen molar-refractivity contribution in [3.05, 3.63) is 111 Å². The quantitative estimate of drug-likeness (QED) is 0.314. The van der Waals surface area contributed by atoms with Gasteiger partial charge in [0.05, 0.1) is 22.9 Å². The fourth-order valence-corrected chi connectivity index (χ4v) is 3.69. The van der Waals surface area contributed by atoms with E-state index in [4.69, 9.17) is 16.3 Å². The van der Waals surface area contributed by atoms with Crippen molar-refractivity contribution < 1.29 is 13.9 Å². The van der Waals surface area contributed by atoms with E-state index in [1.165, 1.54) is 12.1 Å². The Hall–Kier alpha value is -3.16. The van der Waals surface area contributed by atoms with E-state index in [1.54, 1.807) is 35.3 Å². The second-order valence-corrected chi connectivity index (χ2v) is 8.30. The van der Waals surface area contributed by atoms with Gasteiger partial charge in [0.25, 0.3) is 5.91 Å². The summed E-state index contributed by atoms with van der Waals surface area (Å²) < 4.78 is 21.5. The van der Waals surface area contributed by atoms with Gasteiger partial charge in [-0.15, -0.1) is 0 Å². The normalized spacial score (nSPS) is 10.7. The topological polar surface area (TPSA) is 56.2 Å². The standard InChI is InChI=1S/C24H18BrClFN3O2/c25-21-6-1-2-7-23(21)32-15-16-4-3-5-17(10-16)24(31)29-20-12-28-30(14-20)13-18-8-9-19(27)11-22(18)26/h1-12,14H,13,15H2,(H,29,31). The number of halogens is 3. The number of ether oxygens (including phenoxy) is 1. The molecule has 5 nitrogen and oxygen atoms in total. The van der Waals surface area contributed by atoms with Gasteiger partial charge in [0, 0.05) is 16.8 Å². The molecular weight excluding hydrogens is 497 g/mol. The monoisotopic (exact) mass is 513 g/mol. The van der Waals surface area contributed by atoms with Crippen molar-refractivity contribution in [1.82, 2.24) is 9.78 Å². The predicted octanol–water partition coefficient (Wildman–Crippen LogP) is 6.32. The molecule has 8 heteroatoms. The summed E-state index contributed by atoms with van der Waals surface area (Å²) in [7, 11) is 0. The van der Waals surface area contributed by atoms with Crippen LogP contribution in [-0.2, 0) is 13.2 Å². The van der Waals surface area contributed by atoms with E-state index in [9.17, 15) is 9.18 Å². The van der Waals surface area contributed by atoms with Crippen LogP contribution >= 0.6 is 27.5 Å². The molecule has 0 saturated carbocycles. The Bertz CT molecular complexity index is 1260. The molecule has 1 amide bonds. The summed E-state index contributed by atoms with van der Waals surface area (Å²) in [5, 5.41) is 7.40. The van der Waals surface area contributed by atoms with Crippen LogP contribution in [0, 0.1) is 5.82 Å². The van der Waals surface area contributed by atoms with Crippen molar-refractivity contribution in [2.24, 2.45) is 0 Å². The molecule has 0 fully saturated rings. The SMILES string of the molecule is O=C(Nc1cnn(Cc2ccc(F)cc2Cl)c1)c1cccc(COc2ccccc2Br)c1. The third-order valence-corrected chi connectivity index (χ3v) is 5.67. The van der Waals surface area contributed by atoms with Gasteiger partial charge in [-0.1, -0.05) is 41.9 Å². The van der Waals surface area contributed by atoms with E-state index < -0.39 is 5.82 Å². The first-order valence-electron chi connectivity index (χ1n) is 9.72. The number of amides is 1. The zero-order valence-corrected chi connectivity index (χ0v) is 19.1. The van der Waals surface area contributed by atoms with Gasteiger partial charge in [-0.25, -0.2) is 4.39 Å². The second kappa shape index (κ2) is 9.97. The van der Waals surface area contributed by atoms with E-state index in [-0.39, 0.29) is 5.91 Å². The molecule has 32 heavy (non-hydrogen) atoms. The lowest BCUT2D eigenvalue weighted by molar-refractivity contribution is 0.102. The Morgan fingerprint density at radius 1 is 1.12 bits per heavy atom.